The molecule has 1 N–H and O–H groups in total. The number of amides is 2. The summed E-state index contributed by atoms with van der Waals surface area (Å²) in [5, 5.41) is 3.14. The maximum Gasteiger partial charge on any atom is 0.322 e. The molecule has 2 amide bonds. The molecule has 0 spiro atoms. The molecule has 2 saturated heterocycles. The van der Waals surface area contributed by atoms with E-state index in [1.807, 2.05) is 17.0 Å². The average molecular weight is 331 g/mol. The highest BCUT2D eigenvalue weighted by molar-refractivity contribution is 5.90. The SMILES string of the molecule is COC[C@@H]1CCCN1C(=O)Nc1ccccc1CN1CCCCC1. The fourth-order valence-corrected chi connectivity index (χ4v) is 3.79. The van der Waals surface area contributed by atoms with Crippen molar-refractivity contribution in [2.45, 2.75) is 44.7 Å². The van der Waals surface area contributed by atoms with Crippen LogP contribution in [-0.4, -0.2) is 55.2 Å². The normalized spacial score (nSPS) is 21.9. The molecular formula is C19H29N3O2. The van der Waals surface area contributed by atoms with Crippen LogP contribution in [0.3, 0.4) is 0 Å². The number of benzene rings is 1. The molecule has 132 valence electrons. The minimum atomic E-state index is 0.000596. The molecule has 1 aromatic carbocycles. The fraction of sp³-hybridized carbons (Fsp3) is 0.632. The second kappa shape index (κ2) is 8.49. The van der Waals surface area contributed by atoms with Crippen LogP contribution >= 0.6 is 0 Å². The summed E-state index contributed by atoms with van der Waals surface area (Å²) >= 11 is 0. The first-order valence-corrected chi connectivity index (χ1v) is 9.15. The van der Waals surface area contributed by atoms with Crippen LogP contribution in [0.4, 0.5) is 10.5 Å². The largest absolute Gasteiger partial charge is 0.383 e. The Morgan fingerprint density at radius 1 is 1.17 bits per heavy atom. The number of rotatable bonds is 5. The highest BCUT2D eigenvalue weighted by Gasteiger charge is 2.29. The van der Waals surface area contributed by atoms with Crippen molar-refractivity contribution in [3.63, 3.8) is 0 Å². The number of nitrogens with zero attached hydrogens (tertiary/aromatic N) is 2. The van der Waals surface area contributed by atoms with Crippen molar-refractivity contribution in [2.75, 3.05) is 38.7 Å². The van der Waals surface area contributed by atoms with Gasteiger partial charge in [0.1, 0.15) is 0 Å². The number of carbonyl (C=O) groups is 1. The predicted octanol–water partition coefficient (Wildman–Crippen LogP) is 3.32. The van der Waals surface area contributed by atoms with Gasteiger partial charge in [0.15, 0.2) is 0 Å². The van der Waals surface area contributed by atoms with E-state index >= 15 is 0 Å². The lowest BCUT2D eigenvalue weighted by Crippen LogP contribution is -2.41. The van der Waals surface area contributed by atoms with Gasteiger partial charge in [0.05, 0.1) is 12.6 Å². The van der Waals surface area contributed by atoms with E-state index < -0.39 is 0 Å². The monoisotopic (exact) mass is 331 g/mol. The summed E-state index contributed by atoms with van der Waals surface area (Å²) in [6.07, 6.45) is 5.97. The van der Waals surface area contributed by atoms with Crippen LogP contribution in [0, 0.1) is 0 Å². The summed E-state index contributed by atoms with van der Waals surface area (Å²) in [5.74, 6) is 0. The molecule has 1 aromatic rings. The Bertz CT molecular complexity index is 543. The van der Waals surface area contributed by atoms with Crippen LogP contribution in [0.5, 0.6) is 0 Å². The van der Waals surface area contributed by atoms with Crippen molar-refractivity contribution in [3.8, 4) is 0 Å². The first kappa shape index (κ1) is 17.2. The fourth-order valence-electron chi connectivity index (χ4n) is 3.79. The van der Waals surface area contributed by atoms with Crippen LogP contribution in [0.2, 0.25) is 0 Å². The van der Waals surface area contributed by atoms with Gasteiger partial charge in [-0.15, -0.1) is 0 Å². The molecule has 0 aromatic heterocycles. The third-order valence-corrected chi connectivity index (χ3v) is 5.10. The van der Waals surface area contributed by atoms with Crippen molar-refractivity contribution < 1.29 is 9.53 Å². The lowest BCUT2D eigenvalue weighted by molar-refractivity contribution is 0.128. The zero-order chi connectivity index (χ0) is 16.8. The Kier molecular flexibility index (Phi) is 6.10. The lowest BCUT2D eigenvalue weighted by atomic mass is 10.1. The van der Waals surface area contributed by atoms with Gasteiger partial charge in [-0.05, 0) is 50.4 Å². The van der Waals surface area contributed by atoms with E-state index in [4.69, 9.17) is 4.74 Å². The predicted molar refractivity (Wildman–Crippen MR) is 96.2 cm³/mol. The quantitative estimate of drug-likeness (QED) is 0.900. The van der Waals surface area contributed by atoms with E-state index in [1.165, 1.54) is 24.8 Å². The maximum atomic E-state index is 12.7. The average Bonchev–Trinajstić information content (AvgIpc) is 3.06. The molecule has 2 heterocycles. The number of ether oxygens (including phenoxy) is 1. The third-order valence-electron chi connectivity index (χ3n) is 5.10. The number of nitrogens with one attached hydrogen (secondary N) is 1. The van der Waals surface area contributed by atoms with Crippen molar-refractivity contribution in [2.24, 2.45) is 0 Å². The highest BCUT2D eigenvalue weighted by Crippen LogP contribution is 2.23. The van der Waals surface area contributed by atoms with E-state index in [-0.39, 0.29) is 12.1 Å². The van der Waals surface area contributed by atoms with Gasteiger partial charge in [-0.1, -0.05) is 24.6 Å². The standard InChI is InChI=1S/C19H29N3O2/c1-24-15-17-9-7-13-22(17)19(23)20-18-10-4-3-8-16(18)14-21-11-5-2-6-12-21/h3-4,8,10,17H,2,5-7,9,11-15H2,1H3,(H,20,23)/t17-/m0/s1. The zero-order valence-corrected chi connectivity index (χ0v) is 14.7. The first-order valence-electron chi connectivity index (χ1n) is 9.15. The number of anilines is 1. The van der Waals surface area contributed by atoms with E-state index in [2.05, 4.69) is 22.3 Å². The summed E-state index contributed by atoms with van der Waals surface area (Å²) in [7, 11) is 1.70. The summed E-state index contributed by atoms with van der Waals surface area (Å²) in [4.78, 5) is 17.1. The minimum absolute atomic E-state index is 0.000596. The van der Waals surface area contributed by atoms with Gasteiger partial charge in [-0.2, -0.15) is 0 Å². The molecule has 5 nitrogen and oxygen atoms in total. The number of hydrogen-bond donors (Lipinski definition) is 1. The second-order valence-corrected chi connectivity index (χ2v) is 6.87. The number of carbonyl (C=O) groups excluding carboxylic acids is 1. The van der Waals surface area contributed by atoms with Gasteiger partial charge in [-0.25, -0.2) is 4.79 Å². The van der Waals surface area contributed by atoms with Crippen molar-refractivity contribution in [1.82, 2.24) is 9.80 Å². The van der Waals surface area contributed by atoms with Crippen molar-refractivity contribution in [1.29, 1.82) is 0 Å². The first-order chi connectivity index (χ1) is 11.8. The smallest absolute Gasteiger partial charge is 0.322 e. The van der Waals surface area contributed by atoms with Crippen LogP contribution < -0.4 is 5.32 Å². The summed E-state index contributed by atoms with van der Waals surface area (Å²) < 4.78 is 5.25. The van der Waals surface area contributed by atoms with Crippen LogP contribution in [0.1, 0.15) is 37.7 Å². The number of piperidine rings is 1. The molecule has 24 heavy (non-hydrogen) atoms. The molecule has 0 aliphatic carbocycles. The van der Waals surface area contributed by atoms with E-state index in [0.29, 0.717) is 6.61 Å². The Morgan fingerprint density at radius 2 is 1.96 bits per heavy atom. The van der Waals surface area contributed by atoms with Crippen molar-refractivity contribution >= 4 is 11.7 Å². The molecule has 2 fully saturated rings. The molecule has 0 saturated carbocycles. The van der Waals surface area contributed by atoms with E-state index in [0.717, 1.165) is 44.7 Å². The number of likely N-dealkylation sites (tertiary alicyclic amines) is 2. The number of hydrogen-bond acceptors (Lipinski definition) is 3. The molecule has 0 unspecified atom stereocenters. The van der Waals surface area contributed by atoms with Gasteiger partial charge in [0.2, 0.25) is 0 Å². The number of urea groups is 1. The van der Waals surface area contributed by atoms with Gasteiger partial charge in [0.25, 0.3) is 0 Å². The van der Waals surface area contributed by atoms with Gasteiger partial charge in [0, 0.05) is 25.9 Å². The van der Waals surface area contributed by atoms with Crippen LogP contribution in [-0.2, 0) is 11.3 Å². The minimum Gasteiger partial charge on any atom is -0.383 e. The maximum absolute atomic E-state index is 12.7. The van der Waals surface area contributed by atoms with Gasteiger partial charge in [-0.3, -0.25) is 4.90 Å². The summed E-state index contributed by atoms with van der Waals surface area (Å²) in [6.45, 7) is 4.66. The third kappa shape index (κ3) is 4.28. The molecule has 2 aliphatic heterocycles. The lowest BCUT2D eigenvalue weighted by Gasteiger charge is -2.28. The summed E-state index contributed by atoms with van der Waals surface area (Å²) in [6, 6.07) is 8.38. The van der Waals surface area contributed by atoms with E-state index in [9.17, 15) is 4.79 Å². The Morgan fingerprint density at radius 3 is 2.75 bits per heavy atom. The van der Waals surface area contributed by atoms with Crippen LogP contribution in [0.25, 0.3) is 0 Å². The van der Waals surface area contributed by atoms with E-state index in [1.54, 1.807) is 7.11 Å². The Balaban J connectivity index is 1.64. The molecule has 0 bridgehead atoms. The molecule has 2 aliphatic rings. The van der Waals surface area contributed by atoms with Gasteiger partial charge < -0.3 is 15.0 Å². The van der Waals surface area contributed by atoms with Crippen molar-refractivity contribution in [3.05, 3.63) is 29.8 Å². The number of methoxy groups -OCH3 is 1. The van der Waals surface area contributed by atoms with Gasteiger partial charge >= 0.3 is 6.03 Å². The zero-order valence-electron chi connectivity index (χ0n) is 14.7. The topological polar surface area (TPSA) is 44.8 Å². The molecule has 3 rings (SSSR count). The molecule has 1 atom stereocenters. The Hall–Kier alpha value is -1.59. The summed E-state index contributed by atoms with van der Waals surface area (Å²) in [5.41, 5.74) is 2.14. The molecule has 5 heteroatoms. The molecule has 0 radical (unpaired) electrons. The van der Waals surface area contributed by atoms with Crippen LogP contribution in [0.15, 0.2) is 24.3 Å². The second-order valence-electron chi connectivity index (χ2n) is 6.87. The molecular weight excluding hydrogens is 302 g/mol. The highest BCUT2D eigenvalue weighted by atomic mass is 16.5. The number of para-hydroxylation sites is 1. The Labute approximate surface area is 145 Å².